The van der Waals surface area contributed by atoms with Crippen LogP contribution < -0.4 is 5.43 Å². The number of methoxy groups -OCH3 is 1. The maximum absolute atomic E-state index is 12.5. The van der Waals surface area contributed by atoms with E-state index in [-0.39, 0.29) is 5.04 Å². The fourth-order valence-corrected chi connectivity index (χ4v) is 4.02. The highest BCUT2D eigenvalue weighted by Crippen LogP contribution is 2.29. The van der Waals surface area contributed by atoms with Gasteiger partial charge in [-0.3, -0.25) is 9.99 Å². The van der Waals surface area contributed by atoms with Gasteiger partial charge in [0.1, 0.15) is 6.10 Å². The van der Waals surface area contributed by atoms with Crippen molar-refractivity contribution in [2.24, 2.45) is 5.10 Å². The number of nitrogens with zero attached hydrogens (tertiary/aromatic N) is 4. The van der Waals surface area contributed by atoms with Crippen LogP contribution in [0.1, 0.15) is 23.1 Å². The van der Waals surface area contributed by atoms with Gasteiger partial charge in [-0.25, -0.2) is 4.79 Å². The number of esters is 1. The Morgan fingerprint density at radius 1 is 1.00 bits per heavy atom. The predicted octanol–water partition coefficient (Wildman–Crippen LogP) is 4.35. The molecule has 8 nitrogen and oxygen atoms in total. The van der Waals surface area contributed by atoms with E-state index in [1.54, 1.807) is 4.57 Å². The van der Waals surface area contributed by atoms with Crippen LogP contribution in [0, 0.1) is 6.92 Å². The number of hydrogen-bond acceptors (Lipinski definition) is 8. The lowest BCUT2D eigenvalue weighted by Gasteiger charge is -2.14. The molecule has 0 saturated heterocycles. The normalized spacial score (nSPS) is 12.3. The predicted molar refractivity (Wildman–Crippen MR) is 132 cm³/mol. The summed E-state index contributed by atoms with van der Waals surface area (Å²) in [5.74, 6) is -0.310. The van der Waals surface area contributed by atoms with Crippen LogP contribution in [0.4, 0.5) is 5.69 Å². The second kappa shape index (κ2) is 10.8. The monoisotopic (exact) mass is 473 g/mol. The van der Waals surface area contributed by atoms with Gasteiger partial charge >= 0.3 is 5.97 Å². The fraction of sp³-hybridized carbons (Fsp3) is 0.120. The third-order valence-corrected chi connectivity index (χ3v) is 5.90. The first-order valence-electron chi connectivity index (χ1n) is 10.5. The van der Waals surface area contributed by atoms with Gasteiger partial charge in [0.25, 0.3) is 0 Å². The zero-order chi connectivity index (χ0) is 23.9. The molecule has 0 saturated carbocycles. The van der Waals surface area contributed by atoms with E-state index in [0.717, 1.165) is 28.7 Å². The van der Waals surface area contributed by atoms with Gasteiger partial charge in [-0.1, -0.05) is 66.7 Å². The molecule has 0 radical (unpaired) electrons. The van der Waals surface area contributed by atoms with Gasteiger partial charge in [-0.05, 0) is 48.0 Å². The van der Waals surface area contributed by atoms with Crippen molar-refractivity contribution < 1.29 is 14.6 Å². The molecule has 0 unspecified atom stereocenters. The summed E-state index contributed by atoms with van der Waals surface area (Å²) >= 11 is 0.993. The molecule has 0 fully saturated rings. The summed E-state index contributed by atoms with van der Waals surface area (Å²) in [6.45, 7) is 1.94. The highest BCUT2D eigenvalue weighted by atomic mass is 32.2. The molecule has 172 valence electrons. The zero-order valence-corrected chi connectivity index (χ0v) is 19.4. The molecular formula is C25H23N5O3S. The first-order chi connectivity index (χ1) is 16.6. The van der Waals surface area contributed by atoms with Crippen LogP contribution in [0.2, 0.25) is 0 Å². The Morgan fingerprint density at radius 3 is 2.32 bits per heavy atom. The molecule has 0 aliphatic heterocycles. The molecule has 34 heavy (non-hydrogen) atoms. The molecule has 9 heteroatoms. The van der Waals surface area contributed by atoms with Gasteiger partial charge in [-0.15, -0.1) is 10.2 Å². The number of aromatic nitrogens is 3. The fourth-order valence-electron chi connectivity index (χ4n) is 3.22. The van der Waals surface area contributed by atoms with E-state index in [0.29, 0.717) is 16.5 Å². The van der Waals surface area contributed by atoms with E-state index >= 15 is 0 Å². The molecule has 1 atom stereocenters. The van der Waals surface area contributed by atoms with Crippen molar-refractivity contribution in [2.45, 2.75) is 18.2 Å². The van der Waals surface area contributed by atoms with Crippen LogP contribution >= 0.6 is 11.8 Å². The van der Waals surface area contributed by atoms with Crippen LogP contribution in [-0.2, 0) is 9.53 Å². The largest absolute Gasteiger partial charge is 0.464 e. The average Bonchev–Trinajstić information content (AvgIpc) is 3.31. The minimum Gasteiger partial charge on any atom is -0.464 e. The highest BCUT2D eigenvalue weighted by molar-refractivity contribution is 8.15. The number of thioether (sulfide) groups is 1. The third kappa shape index (κ3) is 5.16. The first kappa shape index (κ1) is 23.2. The Hall–Kier alpha value is -3.95. The van der Waals surface area contributed by atoms with Gasteiger partial charge in [0.15, 0.2) is 5.82 Å². The number of aliphatic hydroxyl groups is 1. The number of nitrogens with one attached hydrogen (secondary N) is 1. The van der Waals surface area contributed by atoms with Crippen molar-refractivity contribution in [3.05, 3.63) is 102 Å². The molecule has 1 heterocycles. The quantitative estimate of drug-likeness (QED) is 0.141. The second-order valence-electron chi connectivity index (χ2n) is 7.26. The first-order valence-corrected chi connectivity index (χ1v) is 11.3. The molecule has 0 spiro atoms. The lowest BCUT2D eigenvalue weighted by molar-refractivity contribution is -0.132. The number of para-hydroxylation sites is 2. The van der Waals surface area contributed by atoms with Gasteiger partial charge in [0.2, 0.25) is 10.2 Å². The molecule has 4 aromatic rings. The second-order valence-corrected chi connectivity index (χ2v) is 8.22. The summed E-state index contributed by atoms with van der Waals surface area (Å²) in [4.78, 5) is 12.5. The summed E-state index contributed by atoms with van der Waals surface area (Å²) in [6.07, 6.45) is -1.02. The maximum atomic E-state index is 12.5. The van der Waals surface area contributed by atoms with Crippen molar-refractivity contribution in [3.63, 3.8) is 0 Å². The highest BCUT2D eigenvalue weighted by Gasteiger charge is 2.25. The Kier molecular flexibility index (Phi) is 7.36. The molecule has 0 bridgehead atoms. The third-order valence-electron chi connectivity index (χ3n) is 5.00. The molecule has 4 rings (SSSR count). The number of ether oxygens (including phenoxy) is 1. The summed E-state index contributed by atoms with van der Waals surface area (Å²) in [7, 11) is 1.29. The number of benzene rings is 3. The van der Waals surface area contributed by atoms with Crippen molar-refractivity contribution in [3.8, 4) is 5.69 Å². The van der Waals surface area contributed by atoms with Gasteiger partial charge in [0, 0.05) is 5.69 Å². The van der Waals surface area contributed by atoms with Crippen LogP contribution in [0.5, 0.6) is 0 Å². The molecular weight excluding hydrogens is 450 g/mol. The van der Waals surface area contributed by atoms with E-state index < -0.39 is 12.1 Å². The Bertz CT molecular complexity index is 1290. The standard InChI is InChI=1S/C25H23N5O3S/c1-17-11-9-10-16-20(17)26-28-23(24(32)33-2)34-25-29-27-22(21(31)18-12-5-3-6-13-18)30(25)19-14-7-4-8-15-19/h3-16,21,26,31H,1-2H3/b28-23+/t21-/m1/s1. The smallest absolute Gasteiger partial charge is 0.365 e. The summed E-state index contributed by atoms with van der Waals surface area (Å²) in [5, 5.41) is 24.2. The van der Waals surface area contributed by atoms with Crippen molar-refractivity contribution in [1.82, 2.24) is 14.8 Å². The SMILES string of the molecule is COC(=O)/C(=N\Nc1ccccc1C)Sc1nnc([C@H](O)c2ccccc2)n1-c1ccccc1. The summed E-state index contributed by atoms with van der Waals surface area (Å²) < 4.78 is 6.64. The number of carbonyl (C=O) groups excluding carboxylic acids is 1. The van der Waals surface area contributed by atoms with Crippen molar-refractivity contribution in [2.75, 3.05) is 12.5 Å². The Morgan fingerprint density at radius 2 is 1.65 bits per heavy atom. The molecule has 0 amide bonds. The number of carbonyl (C=O) groups is 1. The van der Waals surface area contributed by atoms with Crippen molar-refractivity contribution >= 4 is 28.5 Å². The molecule has 0 aliphatic rings. The minimum atomic E-state index is -1.02. The topological polar surface area (TPSA) is 102 Å². The average molecular weight is 474 g/mol. The van der Waals surface area contributed by atoms with Gasteiger partial charge in [0.05, 0.1) is 12.8 Å². The lowest BCUT2D eigenvalue weighted by atomic mass is 10.1. The molecule has 1 aromatic heterocycles. The van der Waals surface area contributed by atoms with Crippen LogP contribution in [-0.4, -0.2) is 38.0 Å². The van der Waals surface area contributed by atoms with Crippen molar-refractivity contribution in [1.29, 1.82) is 0 Å². The number of rotatable bonds is 6. The summed E-state index contributed by atoms with van der Waals surface area (Å²) in [5.41, 5.74) is 6.06. The van der Waals surface area contributed by atoms with Crippen LogP contribution in [0.25, 0.3) is 5.69 Å². The van der Waals surface area contributed by atoms with Gasteiger partial charge < -0.3 is 9.84 Å². The lowest BCUT2D eigenvalue weighted by Crippen LogP contribution is -2.16. The molecule has 0 aliphatic carbocycles. The number of aryl methyl sites for hydroxylation is 1. The van der Waals surface area contributed by atoms with Crippen LogP contribution in [0.15, 0.2) is 95.2 Å². The number of hydrogen-bond donors (Lipinski definition) is 2. The minimum absolute atomic E-state index is 0.0380. The maximum Gasteiger partial charge on any atom is 0.365 e. The number of anilines is 1. The number of hydrazone groups is 1. The van der Waals surface area contributed by atoms with Crippen LogP contribution in [0.3, 0.4) is 0 Å². The zero-order valence-electron chi connectivity index (χ0n) is 18.6. The summed E-state index contributed by atoms with van der Waals surface area (Å²) in [6, 6.07) is 26.2. The van der Waals surface area contributed by atoms with E-state index in [9.17, 15) is 9.90 Å². The van der Waals surface area contributed by atoms with E-state index in [1.165, 1.54) is 7.11 Å². The van der Waals surface area contributed by atoms with Gasteiger partial charge in [-0.2, -0.15) is 5.10 Å². The number of aliphatic hydroxyl groups excluding tert-OH is 1. The Balaban J connectivity index is 1.73. The van der Waals surface area contributed by atoms with E-state index in [1.807, 2.05) is 91.9 Å². The molecule has 2 N–H and O–H groups in total. The molecule has 3 aromatic carbocycles. The van der Waals surface area contributed by atoms with E-state index in [2.05, 4.69) is 20.7 Å². The Labute approximate surface area is 201 Å². The van der Waals surface area contributed by atoms with E-state index in [4.69, 9.17) is 4.74 Å².